The van der Waals surface area contributed by atoms with Crippen LogP contribution in [0.15, 0.2) is 0 Å². The molecule has 0 aromatic heterocycles. The van der Waals surface area contributed by atoms with E-state index >= 15 is 0 Å². The van der Waals surface area contributed by atoms with Gasteiger partial charge in [0, 0.05) is 9.84 Å². The van der Waals surface area contributed by atoms with Crippen LogP contribution in [-0.4, -0.2) is 27.9 Å². The largest absolute Gasteiger partial charge is 0.460 e. The van der Waals surface area contributed by atoms with Gasteiger partial charge in [0.15, 0.2) is 0 Å². The maximum atomic E-state index is 13.9. The predicted molar refractivity (Wildman–Crippen MR) is 90.5 cm³/mol. The Labute approximate surface area is 161 Å². The summed E-state index contributed by atoms with van der Waals surface area (Å²) in [6, 6.07) is 0. The molecule has 0 radical (unpaired) electrons. The molecular formula is C16H24F9I. The molecule has 10 heteroatoms. The van der Waals surface area contributed by atoms with Crippen molar-refractivity contribution in [1.82, 2.24) is 0 Å². The van der Waals surface area contributed by atoms with Crippen molar-refractivity contribution in [3.8, 4) is 0 Å². The van der Waals surface area contributed by atoms with E-state index in [1.54, 1.807) is 0 Å². The number of rotatable bonds is 12. The monoisotopic (exact) mass is 514 g/mol. The Balaban J connectivity index is 4.81. The molecule has 0 aliphatic carbocycles. The molecule has 0 aliphatic heterocycles. The molecule has 158 valence electrons. The Morgan fingerprint density at radius 1 is 0.692 bits per heavy atom. The lowest BCUT2D eigenvalue weighted by atomic mass is 9.89. The van der Waals surface area contributed by atoms with E-state index in [0.29, 0.717) is 19.8 Å². The third kappa shape index (κ3) is 6.05. The summed E-state index contributed by atoms with van der Waals surface area (Å²) < 4.78 is 116. The Hall–Kier alpha value is 0.1000. The van der Waals surface area contributed by atoms with Crippen LogP contribution in [0.2, 0.25) is 0 Å². The lowest BCUT2D eigenvalue weighted by Crippen LogP contribution is -2.63. The highest BCUT2D eigenvalue weighted by molar-refractivity contribution is 14.1. The fourth-order valence-corrected chi connectivity index (χ4v) is 3.34. The van der Waals surface area contributed by atoms with Crippen LogP contribution in [0.1, 0.15) is 65.2 Å². The van der Waals surface area contributed by atoms with E-state index in [0.717, 1.165) is 32.1 Å². The van der Waals surface area contributed by atoms with Crippen LogP contribution in [0, 0.1) is 5.92 Å². The fourth-order valence-electron chi connectivity index (χ4n) is 2.45. The zero-order valence-corrected chi connectivity index (χ0v) is 16.7. The molecule has 2 atom stereocenters. The van der Waals surface area contributed by atoms with Gasteiger partial charge in [-0.25, -0.2) is 0 Å². The maximum Gasteiger partial charge on any atom is 0.460 e. The van der Waals surface area contributed by atoms with Crippen molar-refractivity contribution >= 4 is 22.6 Å². The first-order valence-corrected chi connectivity index (χ1v) is 9.73. The average Bonchev–Trinajstić information content (AvgIpc) is 2.51. The van der Waals surface area contributed by atoms with E-state index in [9.17, 15) is 39.5 Å². The van der Waals surface area contributed by atoms with Crippen LogP contribution in [0.4, 0.5) is 39.5 Å². The molecule has 0 heterocycles. The highest BCUT2D eigenvalue weighted by atomic mass is 127. The second-order valence-electron chi connectivity index (χ2n) is 6.48. The van der Waals surface area contributed by atoms with Crippen molar-refractivity contribution < 1.29 is 39.5 Å². The van der Waals surface area contributed by atoms with Crippen molar-refractivity contribution in [2.75, 3.05) is 0 Å². The molecule has 2 unspecified atom stereocenters. The topological polar surface area (TPSA) is 0 Å². The first kappa shape index (κ1) is 26.1. The average molecular weight is 514 g/mol. The minimum atomic E-state index is -6.81. The first-order chi connectivity index (χ1) is 11.6. The summed E-state index contributed by atoms with van der Waals surface area (Å²) >= 11 is 1.42. The van der Waals surface area contributed by atoms with Crippen LogP contribution in [0.3, 0.4) is 0 Å². The molecule has 0 saturated carbocycles. The molecule has 0 aromatic rings. The van der Waals surface area contributed by atoms with Crippen LogP contribution >= 0.6 is 22.6 Å². The predicted octanol–water partition coefficient (Wildman–Crippen LogP) is 8.04. The SMILES string of the molecule is CCCCCCCCCC(I)C(C)C(F)(F)C(F)(F)C(F)(F)C(F)(F)F. The molecule has 0 aliphatic rings. The van der Waals surface area contributed by atoms with Gasteiger partial charge in [0.1, 0.15) is 0 Å². The van der Waals surface area contributed by atoms with Crippen LogP contribution in [0.5, 0.6) is 0 Å². The highest BCUT2D eigenvalue weighted by Crippen LogP contribution is 2.56. The lowest BCUT2D eigenvalue weighted by Gasteiger charge is -2.38. The van der Waals surface area contributed by atoms with Crippen molar-refractivity contribution in [1.29, 1.82) is 0 Å². The number of unbranched alkanes of at least 4 members (excludes halogenated alkanes) is 6. The quantitative estimate of drug-likeness (QED) is 0.107. The molecule has 0 rings (SSSR count). The third-order valence-electron chi connectivity index (χ3n) is 4.37. The number of hydrogen-bond donors (Lipinski definition) is 0. The fraction of sp³-hybridized carbons (Fsp3) is 1.00. The van der Waals surface area contributed by atoms with Gasteiger partial charge in [-0.15, -0.1) is 0 Å². The number of halogens is 10. The minimum absolute atomic E-state index is 0.0404. The van der Waals surface area contributed by atoms with Gasteiger partial charge in [0.05, 0.1) is 0 Å². The van der Waals surface area contributed by atoms with Gasteiger partial charge in [-0.05, 0) is 6.42 Å². The summed E-state index contributed by atoms with van der Waals surface area (Å²) in [5, 5.41) is 0. The Kier molecular flexibility index (Phi) is 10.1. The third-order valence-corrected chi connectivity index (χ3v) is 6.07. The lowest BCUT2D eigenvalue weighted by molar-refractivity contribution is -0.402. The van der Waals surface area contributed by atoms with E-state index < -0.39 is 33.8 Å². The molecule has 0 nitrogen and oxygen atoms in total. The van der Waals surface area contributed by atoms with E-state index in [2.05, 4.69) is 0 Å². The van der Waals surface area contributed by atoms with Gasteiger partial charge in [-0.2, -0.15) is 39.5 Å². The normalized spacial score (nSPS) is 16.6. The highest BCUT2D eigenvalue weighted by Gasteiger charge is 2.82. The van der Waals surface area contributed by atoms with Crippen molar-refractivity contribution in [3.63, 3.8) is 0 Å². The summed E-state index contributed by atoms with van der Waals surface area (Å²) in [6.45, 7) is 2.62. The van der Waals surface area contributed by atoms with Crippen LogP contribution in [0.25, 0.3) is 0 Å². The van der Waals surface area contributed by atoms with Crippen LogP contribution < -0.4 is 0 Å². The summed E-state index contributed by atoms with van der Waals surface area (Å²) in [7, 11) is 0. The van der Waals surface area contributed by atoms with Gasteiger partial charge in [-0.1, -0.05) is 81.4 Å². The molecule has 0 spiro atoms. The van der Waals surface area contributed by atoms with E-state index in [4.69, 9.17) is 0 Å². The summed E-state index contributed by atoms with van der Waals surface area (Å²) in [5.74, 6) is -21.2. The summed E-state index contributed by atoms with van der Waals surface area (Å²) in [4.78, 5) is 0. The van der Waals surface area contributed by atoms with Gasteiger partial charge >= 0.3 is 23.9 Å². The molecular weight excluding hydrogens is 490 g/mol. The summed E-state index contributed by atoms with van der Waals surface area (Å²) in [6.07, 6.45) is -0.718. The van der Waals surface area contributed by atoms with Gasteiger partial charge < -0.3 is 0 Å². The number of alkyl halides is 10. The molecule has 0 saturated heterocycles. The zero-order chi connectivity index (χ0) is 20.8. The van der Waals surface area contributed by atoms with Gasteiger partial charge in [0.25, 0.3) is 0 Å². The van der Waals surface area contributed by atoms with Crippen molar-refractivity contribution in [3.05, 3.63) is 0 Å². The first-order valence-electron chi connectivity index (χ1n) is 8.48. The van der Waals surface area contributed by atoms with Crippen LogP contribution in [-0.2, 0) is 0 Å². The minimum Gasteiger partial charge on any atom is -0.199 e. The van der Waals surface area contributed by atoms with Gasteiger partial charge in [0.2, 0.25) is 0 Å². The second-order valence-corrected chi connectivity index (χ2v) is 8.08. The maximum absolute atomic E-state index is 13.9. The van der Waals surface area contributed by atoms with Crippen molar-refractivity contribution in [2.24, 2.45) is 5.92 Å². The number of hydrogen-bond acceptors (Lipinski definition) is 0. The molecule has 0 N–H and O–H groups in total. The summed E-state index contributed by atoms with van der Waals surface area (Å²) in [5.41, 5.74) is 0. The standard InChI is InChI=1S/C16H24F9I/c1-3-4-5-6-7-8-9-10-12(26)11(2)13(17,18)14(19,20)15(21,22)16(23,24)25/h11-12H,3-10H2,1-2H3. The molecule has 26 heavy (non-hydrogen) atoms. The van der Waals surface area contributed by atoms with E-state index in [-0.39, 0.29) is 6.42 Å². The molecule has 0 bridgehead atoms. The Bertz CT molecular complexity index is 407. The van der Waals surface area contributed by atoms with E-state index in [1.807, 2.05) is 6.92 Å². The van der Waals surface area contributed by atoms with Crippen molar-refractivity contribution in [2.45, 2.75) is 93.1 Å². The van der Waals surface area contributed by atoms with E-state index in [1.165, 1.54) is 22.6 Å². The molecule has 0 aromatic carbocycles. The van der Waals surface area contributed by atoms with Gasteiger partial charge in [-0.3, -0.25) is 0 Å². The Morgan fingerprint density at radius 2 is 1.12 bits per heavy atom. The smallest absolute Gasteiger partial charge is 0.199 e. The Morgan fingerprint density at radius 3 is 1.54 bits per heavy atom. The second kappa shape index (κ2) is 10.0. The molecule has 0 amide bonds. The zero-order valence-electron chi connectivity index (χ0n) is 14.6. The molecule has 0 fully saturated rings.